The van der Waals surface area contributed by atoms with Crippen molar-refractivity contribution < 1.29 is 9.94 Å². The summed E-state index contributed by atoms with van der Waals surface area (Å²) in [5, 5.41) is 8.89. The molecule has 0 saturated carbocycles. The van der Waals surface area contributed by atoms with Crippen LogP contribution in [0, 0.1) is 0 Å². The first kappa shape index (κ1) is 31.1. The normalized spacial score (nSPS) is 11.0. The molecule has 0 unspecified atom stereocenters. The van der Waals surface area contributed by atoms with Crippen molar-refractivity contribution in [3.05, 3.63) is 0 Å². The van der Waals surface area contributed by atoms with Crippen LogP contribution in [0.5, 0.6) is 0 Å². The van der Waals surface area contributed by atoms with Gasteiger partial charge in [-0.15, -0.1) is 0 Å². The van der Waals surface area contributed by atoms with Gasteiger partial charge < -0.3 is 9.94 Å². The lowest BCUT2D eigenvalue weighted by Gasteiger charge is -2.05. The Bertz CT molecular complexity index is 234. The highest BCUT2D eigenvalue weighted by Gasteiger charge is 1.95. The molecule has 0 heterocycles. The van der Waals surface area contributed by atoms with E-state index in [1.807, 2.05) is 0 Å². The van der Waals surface area contributed by atoms with E-state index in [-0.39, 0.29) is 0 Å². The molecular formula is C26H57NO2. The Morgan fingerprint density at radius 3 is 0.897 bits per heavy atom. The van der Waals surface area contributed by atoms with Gasteiger partial charge in [0.05, 0.1) is 0 Å². The predicted molar refractivity (Wildman–Crippen MR) is 130 cm³/mol. The van der Waals surface area contributed by atoms with E-state index in [1.54, 1.807) is 14.1 Å². The number of hydrogen-bond acceptors (Lipinski definition) is 3. The maximum absolute atomic E-state index is 7.89. The molecule has 0 saturated heterocycles. The first-order valence-electron chi connectivity index (χ1n) is 13.1. The Hall–Kier alpha value is -0.120. The number of ether oxygens (including phenoxy) is 1. The highest BCUT2D eigenvalue weighted by molar-refractivity contribution is 4.49. The van der Waals surface area contributed by atoms with Crippen LogP contribution in [0.15, 0.2) is 0 Å². The van der Waals surface area contributed by atoms with Crippen LogP contribution < -0.4 is 0 Å². The highest BCUT2D eigenvalue weighted by atomic mass is 16.5. The van der Waals surface area contributed by atoms with Crippen molar-refractivity contribution in [2.45, 2.75) is 142 Å². The summed E-state index contributed by atoms with van der Waals surface area (Å²) in [6.45, 7) is 6.57. The van der Waals surface area contributed by atoms with E-state index in [0.717, 1.165) is 18.3 Å². The lowest BCUT2D eigenvalue weighted by molar-refractivity contribution is -0.0372. The third-order valence-electron chi connectivity index (χ3n) is 5.28. The minimum absolute atomic E-state index is 0.994. The van der Waals surface area contributed by atoms with E-state index in [2.05, 4.69) is 13.8 Å². The lowest BCUT2D eigenvalue weighted by Crippen LogP contribution is -2.01. The molecule has 0 aliphatic rings. The second-order valence-corrected chi connectivity index (χ2v) is 8.82. The molecule has 3 heteroatoms. The molecule has 0 aliphatic heterocycles. The molecular weight excluding hydrogens is 358 g/mol. The van der Waals surface area contributed by atoms with Gasteiger partial charge in [0.2, 0.25) is 0 Å². The van der Waals surface area contributed by atoms with Crippen LogP contribution in [0.1, 0.15) is 142 Å². The number of rotatable bonds is 22. The van der Waals surface area contributed by atoms with E-state index in [1.165, 1.54) is 128 Å². The van der Waals surface area contributed by atoms with Crippen LogP contribution in [0.2, 0.25) is 0 Å². The van der Waals surface area contributed by atoms with E-state index in [0.29, 0.717) is 0 Å². The van der Waals surface area contributed by atoms with Gasteiger partial charge in [0.25, 0.3) is 0 Å². The van der Waals surface area contributed by atoms with Crippen molar-refractivity contribution in [1.82, 2.24) is 5.06 Å². The van der Waals surface area contributed by atoms with Gasteiger partial charge in [-0.3, -0.25) is 0 Å². The van der Waals surface area contributed by atoms with Crippen LogP contribution in [0.25, 0.3) is 0 Å². The maximum atomic E-state index is 7.89. The van der Waals surface area contributed by atoms with Gasteiger partial charge in [0.15, 0.2) is 0 Å². The van der Waals surface area contributed by atoms with Crippen LogP contribution in [0.4, 0.5) is 0 Å². The first-order chi connectivity index (χ1) is 14.1. The average molecular weight is 416 g/mol. The summed E-state index contributed by atoms with van der Waals surface area (Å²) in [6, 6.07) is 0. The SMILES string of the molecule is CCCCCCCCCCCCOCCCCCCCCCCCC.CN(C)O. The standard InChI is InChI=1S/C24H50O.C2H7NO/c1-3-5-7-9-11-13-15-17-19-21-23-25-24-22-20-18-16-14-12-10-8-6-4-2;1-3(2)4/h3-24H2,1-2H3;4H,1-2H3. The molecule has 0 rings (SSSR count). The van der Waals surface area contributed by atoms with Gasteiger partial charge in [-0.2, -0.15) is 5.06 Å². The maximum Gasteiger partial charge on any atom is 0.0466 e. The Labute approximate surface area is 184 Å². The molecule has 0 aromatic rings. The monoisotopic (exact) mass is 415 g/mol. The van der Waals surface area contributed by atoms with Gasteiger partial charge in [-0.1, -0.05) is 129 Å². The number of unbranched alkanes of at least 4 members (excludes halogenated alkanes) is 18. The highest BCUT2D eigenvalue weighted by Crippen LogP contribution is 2.12. The van der Waals surface area contributed by atoms with Crippen molar-refractivity contribution in [3.8, 4) is 0 Å². The molecule has 0 fully saturated rings. The van der Waals surface area contributed by atoms with Crippen LogP contribution in [-0.4, -0.2) is 37.6 Å². The molecule has 0 bridgehead atoms. The Balaban J connectivity index is 0. The molecule has 29 heavy (non-hydrogen) atoms. The molecule has 0 atom stereocenters. The van der Waals surface area contributed by atoms with Crippen molar-refractivity contribution in [1.29, 1.82) is 0 Å². The topological polar surface area (TPSA) is 32.7 Å². The average Bonchev–Trinajstić information content (AvgIpc) is 2.69. The largest absolute Gasteiger partial charge is 0.381 e. The van der Waals surface area contributed by atoms with Gasteiger partial charge >= 0.3 is 0 Å². The van der Waals surface area contributed by atoms with Gasteiger partial charge in [-0.05, 0) is 12.8 Å². The number of nitrogens with zero attached hydrogens (tertiary/aromatic N) is 1. The predicted octanol–water partition coefficient (Wildman–Crippen LogP) is 8.78. The minimum atomic E-state index is 0.994. The summed E-state index contributed by atoms with van der Waals surface area (Å²) in [4.78, 5) is 0. The van der Waals surface area contributed by atoms with E-state index < -0.39 is 0 Å². The Kier molecular flexibility index (Phi) is 32.2. The second-order valence-electron chi connectivity index (χ2n) is 8.82. The molecule has 0 aromatic carbocycles. The molecule has 0 amide bonds. The zero-order chi connectivity index (χ0) is 21.8. The number of hydrogen-bond donors (Lipinski definition) is 1. The smallest absolute Gasteiger partial charge is 0.0466 e. The fraction of sp³-hybridized carbons (Fsp3) is 1.00. The van der Waals surface area contributed by atoms with Crippen LogP contribution in [-0.2, 0) is 4.74 Å². The third-order valence-corrected chi connectivity index (χ3v) is 5.28. The quantitative estimate of drug-likeness (QED) is 0.142. The summed E-state index contributed by atoms with van der Waals surface area (Å²) in [7, 11) is 3.11. The molecule has 178 valence electrons. The third kappa shape index (κ3) is 39.0. The molecule has 0 aliphatic carbocycles. The molecule has 3 nitrogen and oxygen atoms in total. The van der Waals surface area contributed by atoms with Crippen molar-refractivity contribution in [3.63, 3.8) is 0 Å². The Morgan fingerprint density at radius 1 is 0.448 bits per heavy atom. The van der Waals surface area contributed by atoms with Crippen molar-refractivity contribution >= 4 is 0 Å². The van der Waals surface area contributed by atoms with E-state index in [9.17, 15) is 0 Å². The summed E-state index contributed by atoms with van der Waals surface area (Å²) in [5.41, 5.74) is 0. The van der Waals surface area contributed by atoms with Crippen LogP contribution >= 0.6 is 0 Å². The zero-order valence-corrected chi connectivity index (χ0v) is 20.9. The van der Waals surface area contributed by atoms with Crippen molar-refractivity contribution in [2.24, 2.45) is 0 Å². The molecule has 0 aromatic heterocycles. The summed E-state index contributed by atoms with van der Waals surface area (Å²) < 4.78 is 5.78. The van der Waals surface area contributed by atoms with E-state index in [4.69, 9.17) is 9.94 Å². The van der Waals surface area contributed by atoms with Gasteiger partial charge in [0.1, 0.15) is 0 Å². The molecule has 0 radical (unpaired) electrons. The minimum Gasteiger partial charge on any atom is -0.381 e. The summed E-state index contributed by atoms with van der Waals surface area (Å²) in [5.74, 6) is 0. The fourth-order valence-corrected chi connectivity index (χ4v) is 3.49. The first-order valence-corrected chi connectivity index (χ1v) is 13.1. The molecule has 1 N–H and O–H groups in total. The summed E-state index contributed by atoms with van der Waals surface area (Å²) in [6.07, 6.45) is 28.2. The second kappa shape index (κ2) is 30.1. The summed E-state index contributed by atoms with van der Waals surface area (Å²) >= 11 is 0. The zero-order valence-electron chi connectivity index (χ0n) is 20.9. The van der Waals surface area contributed by atoms with Crippen LogP contribution in [0.3, 0.4) is 0 Å². The van der Waals surface area contributed by atoms with Gasteiger partial charge in [-0.25, -0.2) is 0 Å². The van der Waals surface area contributed by atoms with Crippen molar-refractivity contribution in [2.75, 3.05) is 27.3 Å². The van der Waals surface area contributed by atoms with Gasteiger partial charge in [0, 0.05) is 27.3 Å². The molecule has 0 spiro atoms. The fourth-order valence-electron chi connectivity index (χ4n) is 3.49. The Morgan fingerprint density at radius 2 is 0.655 bits per heavy atom. The number of hydroxylamine groups is 2. The van der Waals surface area contributed by atoms with E-state index >= 15 is 0 Å². The lowest BCUT2D eigenvalue weighted by atomic mass is 10.1.